The van der Waals surface area contributed by atoms with Crippen molar-refractivity contribution in [1.82, 2.24) is 5.01 Å². The van der Waals surface area contributed by atoms with Gasteiger partial charge in [0.15, 0.2) is 0 Å². The first-order valence-corrected chi connectivity index (χ1v) is 9.26. The van der Waals surface area contributed by atoms with Crippen molar-refractivity contribution in [2.45, 2.75) is 13.0 Å². The number of fused-ring (bicyclic) bond motifs is 1. The quantitative estimate of drug-likeness (QED) is 0.719. The number of nitrogens with zero attached hydrogens (tertiary/aromatic N) is 2. The molecule has 146 valence electrons. The Morgan fingerprint density at radius 2 is 1.75 bits per heavy atom. The highest BCUT2D eigenvalue weighted by molar-refractivity contribution is 8.18. The van der Waals surface area contributed by atoms with Gasteiger partial charge < -0.3 is 14.2 Å². The average molecular weight is 400 g/mol. The third-order valence-electron chi connectivity index (χ3n) is 4.33. The number of esters is 2. The van der Waals surface area contributed by atoms with Crippen molar-refractivity contribution in [2.75, 3.05) is 21.3 Å². The molecule has 1 aromatic rings. The minimum Gasteiger partial charge on any atom is -0.497 e. The Morgan fingerprint density at radius 1 is 1.07 bits per heavy atom. The second-order valence-corrected chi connectivity index (χ2v) is 7.00. The van der Waals surface area contributed by atoms with Crippen LogP contribution in [0.3, 0.4) is 0 Å². The SMILES string of the molecule is COC(=O)C1=C(C(=O)OC)C2C(C)=CC=CN2N=C(c2ccc(OC)cc2)S1. The van der Waals surface area contributed by atoms with Gasteiger partial charge in [0.1, 0.15) is 21.7 Å². The monoisotopic (exact) mass is 400 g/mol. The van der Waals surface area contributed by atoms with Gasteiger partial charge in [-0.1, -0.05) is 17.8 Å². The molecule has 2 aliphatic rings. The summed E-state index contributed by atoms with van der Waals surface area (Å²) in [5.74, 6) is -0.510. The second kappa shape index (κ2) is 8.35. The molecule has 2 heterocycles. The van der Waals surface area contributed by atoms with Gasteiger partial charge in [-0.15, -0.1) is 0 Å². The topological polar surface area (TPSA) is 77.4 Å². The normalized spacial score (nSPS) is 18.6. The van der Waals surface area contributed by atoms with Crippen LogP contribution in [-0.2, 0) is 19.1 Å². The Balaban J connectivity index is 2.19. The number of ether oxygens (including phenoxy) is 3. The summed E-state index contributed by atoms with van der Waals surface area (Å²) in [5, 5.41) is 6.90. The maximum Gasteiger partial charge on any atom is 0.345 e. The van der Waals surface area contributed by atoms with Crippen LogP contribution in [0.1, 0.15) is 12.5 Å². The summed E-state index contributed by atoms with van der Waals surface area (Å²) >= 11 is 1.08. The summed E-state index contributed by atoms with van der Waals surface area (Å²) in [6, 6.07) is 6.73. The summed E-state index contributed by atoms with van der Waals surface area (Å²) in [7, 11) is 4.15. The number of hydrazone groups is 1. The van der Waals surface area contributed by atoms with E-state index in [0.717, 1.165) is 22.9 Å². The van der Waals surface area contributed by atoms with Gasteiger partial charge in [0.25, 0.3) is 0 Å². The molecule has 8 heteroatoms. The summed E-state index contributed by atoms with van der Waals surface area (Å²) < 4.78 is 15.1. The highest BCUT2D eigenvalue weighted by Gasteiger charge is 2.38. The zero-order valence-electron chi connectivity index (χ0n) is 16.0. The lowest BCUT2D eigenvalue weighted by Gasteiger charge is -2.29. The molecule has 0 amide bonds. The first kappa shape index (κ1) is 19.8. The van der Waals surface area contributed by atoms with E-state index in [0.29, 0.717) is 10.8 Å². The molecule has 0 aliphatic carbocycles. The van der Waals surface area contributed by atoms with Gasteiger partial charge in [0, 0.05) is 11.8 Å². The van der Waals surface area contributed by atoms with Crippen molar-refractivity contribution in [1.29, 1.82) is 0 Å². The maximum atomic E-state index is 12.6. The number of allylic oxidation sites excluding steroid dienone is 2. The zero-order valence-corrected chi connectivity index (χ0v) is 16.8. The number of thioether (sulfide) groups is 1. The van der Waals surface area contributed by atoms with Gasteiger partial charge in [0.05, 0.1) is 26.9 Å². The number of carbonyl (C=O) groups is 2. The summed E-state index contributed by atoms with van der Waals surface area (Å²) in [5.41, 5.74) is 1.83. The molecule has 1 aromatic carbocycles. The Kier molecular flexibility index (Phi) is 5.89. The molecule has 0 fully saturated rings. The van der Waals surface area contributed by atoms with Crippen LogP contribution >= 0.6 is 11.8 Å². The number of hydrogen-bond donors (Lipinski definition) is 0. The summed E-state index contributed by atoms with van der Waals surface area (Å²) in [4.78, 5) is 25.4. The number of benzene rings is 1. The largest absolute Gasteiger partial charge is 0.497 e. The highest BCUT2D eigenvalue weighted by atomic mass is 32.2. The molecule has 0 saturated heterocycles. The second-order valence-electron chi connectivity index (χ2n) is 6.00. The zero-order chi connectivity index (χ0) is 20.3. The van der Waals surface area contributed by atoms with Crippen molar-refractivity contribution in [2.24, 2.45) is 5.10 Å². The number of rotatable bonds is 4. The molecule has 1 unspecified atom stereocenters. The predicted octanol–water partition coefficient (Wildman–Crippen LogP) is 2.85. The van der Waals surface area contributed by atoms with Gasteiger partial charge in [-0.25, -0.2) is 9.59 Å². The molecule has 3 rings (SSSR count). The van der Waals surface area contributed by atoms with Crippen LogP contribution in [0.25, 0.3) is 0 Å². The van der Waals surface area contributed by atoms with Crippen molar-refractivity contribution in [3.63, 3.8) is 0 Å². The van der Waals surface area contributed by atoms with E-state index in [-0.39, 0.29) is 10.5 Å². The molecule has 7 nitrogen and oxygen atoms in total. The fraction of sp³-hybridized carbons (Fsp3) is 0.250. The third kappa shape index (κ3) is 3.68. The smallest absolute Gasteiger partial charge is 0.345 e. The van der Waals surface area contributed by atoms with Crippen LogP contribution in [0.4, 0.5) is 0 Å². The van der Waals surface area contributed by atoms with Crippen LogP contribution < -0.4 is 4.74 Å². The van der Waals surface area contributed by atoms with Gasteiger partial charge in [-0.3, -0.25) is 5.01 Å². The lowest BCUT2D eigenvalue weighted by molar-refractivity contribution is -0.139. The van der Waals surface area contributed by atoms with E-state index in [1.165, 1.54) is 14.2 Å². The fourth-order valence-electron chi connectivity index (χ4n) is 2.93. The van der Waals surface area contributed by atoms with E-state index in [1.54, 1.807) is 30.5 Å². The number of carbonyl (C=O) groups excluding carboxylic acids is 2. The van der Waals surface area contributed by atoms with Gasteiger partial charge in [-0.2, -0.15) is 5.10 Å². The minimum atomic E-state index is -0.615. The Bertz CT molecular complexity index is 915. The molecule has 1 atom stereocenters. The van der Waals surface area contributed by atoms with E-state index in [4.69, 9.17) is 19.3 Å². The van der Waals surface area contributed by atoms with Crippen molar-refractivity contribution in [3.8, 4) is 5.75 Å². The lowest BCUT2D eigenvalue weighted by atomic mass is 9.96. The van der Waals surface area contributed by atoms with E-state index in [1.807, 2.05) is 31.2 Å². The molecular formula is C20H20N2O5S. The average Bonchev–Trinajstić information content (AvgIpc) is 2.90. The van der Waals surface area contributed by atoms with Gasteiger partial charge in [0.2, 0.25) is 0 Å². The number of methoxy groups -OCH3 is 3. The summed E-state index contributed by atoms with van der Waals surface area (Å²) in [6.07, 6.45) is 5.46. The molecular weight excluding hydrogens is 380 g/mol. The first-order valence-electron chi connectivity index (χ1n) is 8.45. The van der Waals surface area contributed by atoms with Crippen LogP contribution in [0, 0.1) is 0 Å². The molecule has 28 heavy (non-hydrogen) atoms. The van der Waals surface area contributed by atoms with E-state index in [9.17, 15) is 9.59 Å². The Hall–Kier alpha value is -3.00. The molecule has 0 spiro atoms. The van der Waals surface area contributed by atoms with Crippen LogP contribution in [0.2, 0.25) is 0 Å². The van der Waals surface area contributed by atoms with E-state index in [2.05, 4.69) is 0 Å². The predicted molar refractivity (Wildman–Crippen MR) is 107 cm³/mol. The standard InChI is InChI=1S/C20H20N2O5S/c1-12-6-5-11-22-16(12)15(19(23)26-3)17(20(24)27-4)28-18(21-22)13-7-9-14(25-2)10-8-13/h5-11,16H,1-4H3. The van der Waals surface area contributed by atoms with Crippen molar-refractivity contribution in [3.05, 3.63) is 64.2 Å². The Morgan fingerprint density at radius 3 is 2.36 bits per heavy atom. The van der Waals surface area contributed by atoms with Gasteiger partial charge >= 0.3 is 11.9 Å². The van der Waals surface area contributed by atoms with E-state index >= 15 is 0 Å². The Labute approximate surface area is 167 Å². The van der Waals surface area contributed by atoms with Crippen LogP contribution in [-0.4, -0.2) is 49.4 Å². The maximum absolute atomic E-state index is 12.6. The first-order chi connectivity index (χ1) is 13.5. The highest BCUT2D eigenvalue weighted by Crippen LogP contribution is 2.37. The van der Waals surface area contributed by atoms with E-state index < -0.39 is 18.0 Å². The van der Waals surface area contributed by atoms with Crippen molar-refractivity contribution >= 4 is 28.7 Å². The minimum absolute atomic E-state index is 0.152. The fourth-order valence-corrected chi connectivity index (χ4v) is 3.98. The van der Waals surface area contributed by atoms with Crippen molar-refractivity contribution < 1.29 is 23.8 Å². The summed E-state index contributed by atoms with van der Waals surface area (Å²) in [6.45, 7) is 1.87. The van der Waals surface area contributed by atoms with Crippen LogP contribution in [0.5, 0.6) is 5.75 Å². The molecule has 0 N–H and O–H groups in total. The third-order valence-corrected chi connectivity index (χ3v) is 5.43. The molecule has 0 radical (unpaired) electrons. The molecule has 0 aromatic heterocycles. The lowest BCUT2D eigenvalue weighted by Crippen LogP contribution is -2.35. The molecule has 0 saturated carbocycles. The van der Waals surface area contributed by atoms with Crippen LogP contribution in [0.15, 0.2) is 63.8 Å². The molecule has 2 aliphatic heterocycles. The number of hydrogen-bond acceptors (Lipinski definition) is 8. The van der Waals surface area contributed by atoms with Gasteiger partial charge in [-0.05, 0) is 42.8 Å². The molecule has 0 bridgehead atoms.